The number of aryl methyl sites for hydroxylation is 3. The second-order valence-electron chi connectivity index (χ2n) is 5.82. The summed E-state index contributed by atoms with van der Waals surface area (Å²) in [5.74, 6) is 0.221. The zero-order valence-electron chi connectivity index (χ0n) is 12.9. The molecule has 3 heteroatoms. The number of hydrogen-bond acceptors (Lipinski definition) is 3. The van der Waals surface area contributed by atoms with Gasteiger partial charge < -0.3 is 4.74 Å². The van der Waals surface area contributed by atoms with Crippen molar-refractivity contribution in [3.63, 3.8) is 0 Å². The summed E-state index contributed by atoms with van der Waals surface area (Å²) >= 11 is 0. The number of hydrogen-bond donors (Lipinski definition) is 0. The maximum Gasteiger partial charge on any atom is 0.105 e. The zero-order chi connectivity index (χ0) is 14.7. The highest BCUT2D eigenvalue weighted by Gasteiger charge is 2.28. The van der Waals surface area contributed by atoms with E-state index in [1.54, 1.807) is 0 Å². The average molecular weight is 272 g/mol. The van der Waals surface area contributed by atoms with Gasteiger partial charge >= 0.3 is 0 Å². The maximum absolute atomic E-state index is 9.61. The minimum absolute atomic E-state index is 0.0704. The van der Waals surface area contributed by atoms with Crippen molar-refractivity contribution in [3.8, 4) is 6.07 Å². The summed E-state index contributed by atoms with van der Waals surface area (Å²) in [5, 5.41) is 9.61. The lowest BCUT2D eigenvalue weighted by atomic mass is 9.85. The van der Waals surface area contributed by atoms with Gasteiger partial charge in [-0.1, -0.05) is 24.6 Å². The van der Waals surface area contributed by atoms with Crippen LogP contribution in [0.25, 0.3) is 0 Å². The molecule has 0 spiro atoms. The summed E-state index contributed by atoms with van der Waals surface area (Å²) in [6, 6.07) is 6.87. The van der Waals surface area contributed by atoms with Gasteiger partial charge in [0, 0.05) is 19.0 Å². The third kappa shape index (κ3) is 3.03. The third-order valence-electron chi connectivity index (χ3n) is 4.24. The first kappa shape index (κ1) is 15.0. The lowest BCUT2D eigenvalue weighted by Crippen LogP contribution is -2.45. The topological polar surface area (TPSA) is 36.3 Å². The quantitative estimate of drug-likeness (QED) is 0.849. The molecule has 2 rings (SSSR count). The highest BCUT2D eigenvalue weighted by Crippen LogP contribution is 2.30. The Hall–Kier alpha value is -1.37. The summed E-state index contributed by atoms with van der Waals surface area (Å²) in [6.07, 6.45) is 0. The van der Waals surface area contributed by atoms with E-state index in [0.717, 1.165) is 26.3 Å². The summed E-state index contributed by atoms with van der Waals surface area (Å²) in [5.41, 5.74) is 5.21. The lowest BCUT2D eigenvalue weighted by Gasteiger charge is -2.34. The molecule has 0 amide bonds. The molecule has 0 N–H and O–H groups in total. The minimum Gasteiger partial charge on any atom is -0.379 e. The molecule has 0 aromatic heterocycles. The molecule has 1 aliphatic rings. The van der Waals surface area contributed by atoms with Gasteiger partial charge in [0.15, 0.2) is 0 Å². The Kier molecular flexibility index (Phi) is 4.80. The lowest BCUT2D eigenvalue weighted by molar-refractivity contribution is 0.0231. The summed E-state index contributed by atoms with van der Waals surface area (Å²) in [6.45, 7) is 11.8. The molecule has 3 nitrogen and oxygen atoms in total. The smallest absolute Gasteiger partial charge is 0.105 e. The van der Waals surface area contributed by atoms with Crippen molar-refractivity contribution < 1.29 is 4.74 Å². The SMILES string of the molecule is Cc1cc(C)c(C(C)C(C#N)N2CCOCC2)c(C)c1. The Morgan fingerprint density at radius 2 is 1.70 bits per heavy atom. The largest absolute Gasteiger partial charge is 0.379 e. The van der Waals surface area contributed by atoms with Crippen LogP contribution in [0.5, 0.6) is 0 Å². The van der Waals surface area contributed by atoms with Crippen LogP contribution in [0.4, 0.5) is 0 Å². The molecule has 1 saturated heterocycles. The molecule has 1 fully saturated rings. The number of nitrogens with zero attached hydrogens (tertiary/aromatic N) is 2. The van der Waals surface area contributed by atoms with Gasteiger partial charge in [-0.15, -0.1) is 0 Å². The van der Waals surface area contributed by atoms with Crippen molar-refractivity contribution in [2.45, 2.75) is 39.7 Å². The molecule has 2 unspecified atom stereocenters. The summed E-state index contributed by atoms with van der Waals surface area (Å²) < 4.78 is 5.39. The Bertz CT molecular complexity index is 489. The van der Waals surface area contributed by atoms with Crippen LogP contribution >= 0.6 is 0 Å². The van der Waals surface area contributed by atoms with Crippen molar-refractivity contribution in [2.75, 3.05) is 26.3 Å². The third-order valence-corrected chi connectivity index (χ3v) is 4.24. The standard InChI is InChI=1S/C17H24N2O/c1-12-9-13(2)17(14(3)10-12)15(4)16(11-18)19-5-7-20-8-6-19/h9-10,15-16H,5-8H2,1-4H3. The Balaban J connectivity index is 2.29. The predicted molar refractivity (Wildman–Crippen MR) is 80.9 cm³/mol. The van der Waals surface area contributed by atoms with Crippen LogP contribution < -0.4 is 0 Å². The Morgan fingerprint density at radius 3 is 2.20 bits per heavy atom. The van der Waals surface area contributed by atoms with Crippen molar-refractivity contribution in [2.24, 2.45) is 0 Å². The average Bonchev–Trinajstić information content (AvgIpc) is 2.39. The van der Waals surface area contributed by atoms with Gasteiger partial charge in [0.2, 0.25) is 0 Å². The summed E-state index contributed by atoms with van der Waals surface area (Å²) in [4.78, 5) is 2.26. The first-order valence-corrected chi connectivity index (χ1v) is 7.33. The molecular formula is C17H24N2O. The minimum atomic E-state index is -0.0704. The molecular weight excluding hydrogens is 248 g/mol. The molecule has 1 aromatic carbocycles. The van der Waals surface area contributed by atoms with Crippen LogP contribution in [0.1, 0.15) is 35.1 Å². The van der Waals surface area contributed by atoms with Crippen LogP contribution in [-0.4, -0.2) is 37.2 Å². The normalized spacial score (nSPS) is 19.4. The fourth-order valence-corrected chi connectivity index (χ4v) is 3.43. The van der Waals surface area contributed by atoms with E-state index in [9.17, 15) is 5.26 Å². The Morgan fingerprint density at radius 1 is 1.15 bits per heavy atom. The molecule has 0 radical (unpaired) electrons. The molecule has 1 aromatic rings. The van der Waals surface area contributed by atoms with E-state index < -0.39 is 0 Å². The van der Waals surface area contributed by atoms with Crippen LogP contribution in [0.3, 0.4) is 0 Å². The maximum atomic E-state index is 9.61. The zero-order valence-corrected chi connectivity index (χ0v) is 12.9. The second-order valence-corrected chi connectivity index (χ2v) is 5.82. The van der Waals surface area contributed by atoms with E-state index in [0.29, 0.717) is 0 Å². The monoisotopic (exact) mass is 272 g/mol. The molecule has 1 heterocycles. The molecule has 1 aliphatic heterocycles. The van der Waals surface area contributed by atoms with Crippen molar-refractivity contribution in [1.29, 1.82) is 5.26 Å². The van der Waals surface area contributed by atoms with Crippen molar-refractivity contribution in [1.82, 2.24) is 4.90 Å². The van der Waals surface area contributed by atoms with Crippen LogP contribution in [0.15, 0.2) is 12.1 Å². The fraction of sp³-hybridized carbons (Fsp3) is 0.588. The molecule has 0 bridgehead atoms. The van der Waals surface area contributed by atoms with Crippen molar-refractivity contribution >= 4 is 0 Å². The van der Waals surface area contributed by atoms with Gasteiger partial charge in [0.25, 0.3) is 0 Å². The van der Waals surface area contributed by atoms with Gasteiger partial charge in [0.1, 0.15) is 6.04 Å². The van der Waals surface area contributed by atoms with E-state index >= 15 is 0 Å². The molecule has 0 aliphatic carbocycles. The van der Waals surface area contributed by atoms with Crippen LogP contribution in [0.2, 0.25) is 0 Å². The highest BCUT2D eigenvalue weighted by molar-refractivity contribution is 5.41. The highest BCUT2D eigenvalue weighted by atomic mass is 16.5. The van der Waals surface area contributed by atoms with Gasteiger partial charge in [-0.3, -0.25) is 4.90 Å². The number of morpholine rings is 1. The van der Waals surface area contributed by atoms with E-state index in [4.69, 9.17) is 4.74 Å². The number of rotatable bonds is 3. The predicted octanol–water partition coefficient (Wildman–Crippen LogP) is 2.94. The molecule has 108 valence electrons. The number of ether oxygens (including phenoxy) is 1. The first-order chi connectivity index (χ1) is 9.54. The molecule has 0 saturated carbocycles. The fourth-order valence-electron chi connectivity index (χ4n) is 3.43. The summed E-state index contributed by atoms with van der Waals surface area (Å²) in [7, 11) is 0. The van der Waals surface area contributed by atoms with E-state index in [2.05, 4.69) is 50.8 Å². The van der Waals surface area contributed by atoms with Gasteiger partial charge in [-0.25, -0.2) is 0 Å². The number of benzene rings is 1. The van der Waals surface area contributed by atoms with Crippen LogP contribution in [0, 0.1) is 32.1 Å². The van der Waals surface area contributed by atoms with Crippen LogP contribution in [-0.2, 0) is 4.74 Å². The first-order valence-electron chi connectivity index (χ1n) is 7.33. The number of nitriles is 1. The van der Waals surface area contributed by atoms with Crippen molar-refractivity contribution in [3.05, 3.63) is 34.4 Å². The van der Waals surface area contributed by atoms with Gasteiger partial charge in [0.05, 0.1) is 19.3 Å². The van der Waals surface area contributed by atoms with E-state index in [1.165, 1.54) is 22.3 Å². The van der Waals surface area contributed by atoms with Gasteiger partial charge in [-0.2, -0.15) is 5.26 Å². The Labute approximate surface area is 122 Å². The second kappa shape index (κ2) is 6.39. The van der Waals surface area contributed by atoms with E-state index in [-0.39, 0.29) is 12.0 Å². The van der Waals surface area contributed by atoms with Gasteiger partial charge in [-0.05, 0) is 37.5 Å². The molecule has 20 heavy (non-hydrogen) atoms. The molecule has 2 atom stereocenters. The van der Waals surface area contributed by atoms with E-state index in [1.807, 2.05) is 0 Å².